The molecule has 0 aromatic rings. The molecular weight excluding hydrogens is 829 g/mol. The third-order valence-electron chi connectivity index (χ3n) is 14.0. The fraction of sp³-hybridized carbons (Fsp3) is 0.951. The van der Waals surface area contributed by atoms with Crippen LogP contribution in [0.3, 0.4) is 0 Å². The van der Waals surface area contributed by atoms with Gasteiger partial charge < -0.3 is 14.2 Å². The molecular formula is C61H118O6. The first-order valence-corrected chi connectivity index (χ1v) is 30.2. The first kappa shape index (κ1) is 65.4. The molecule has 0 N–H and O–H groups in total. The van der Waals surface area contributed by atoms with Crippen LogP contribution in [0.15, 0.2) is 0 Å². The van der Waals surface area contributed by atoms with Gasteiger partial charge in [0.05, 0.1) is 0 Å². The smallest absolute Gasteiger partial charge is 0.306 e. The molecule has 0 bridgehead atoms. The van der Waals surface area contributed by atoms with Gasteiger partial charge in [-0.2, -0.15) is 0 Å². The van der Waals surface area contributed by atoms with E-state index < -0.39 is 6.10 Å². The Morgan fingerprint density at radius 1 is 0.284 bits per heavy atom. The first-order chi connectivity index (χ1) is 32.7. The van der Waals surface area contributed by atoms with Crippen molar-refractivity contribution in [2.24, 2.45) is 11.8 Å². The molecule has 0 aliphatic heterocycles. The van der Waals surface area contributed by atoms with E-state index in [0.717, 1.165) is 69.6 Å². The largest absolute Gasteiger partial charge is 0.462 e. The number of esters is 3. The molecule has 0 aromatic heterocycles. The number of carbonyl (C=O) groups is 3. The summed E-state index contributed by atoms with van der Waals surface area (Å²) in [5.41, 5.74) is 0. The van der Waals surface area contributed by atoms with Gasteiger partial charge in [-0.1, -0.05) is 304 Å². The van der Waals surface area contributed by atoms with E-state index in [9.17, 15) is 14.4 Å². The van der Waals surface area contributed by atoms with Crippen LogP contribution in [0, 0.1) is 11.8 Å². The Morgan fingerprint density at radius 3 is 0.731 bits per heavy atom. The highest BCUT2D eigenvalue weighted by molar-refractivity contribution is 5.71. The third-order valence-corrected chi connectivity index (χ3v) is 14.0. The van der Waals surface area contributed by atoms with Gasteiger partial charge in [0.1, 0.15) is 13.2 Å². The molecule has 0 aliphatic carbocycles. The molecule has 0 unspecified atom stereocenters. The van der Waals surface area contributed by atoms with E-state index in [1.165, 1.54) is 231 Å². The number of unbranched alkanes of at least 4 members (excludes halogenated alkanes) is 40. The molecule has 1 atom stereocenters. The monoisotopic (exact) mass is 947 g/mol. The summed E-state index contributed by atoms with van der Waals surface area (Å²) < 4.78 is 16.9. The fourth-order valence-corrected chi connectivity index (χ4v) is 9.40. The number of carbonyl (C=O) groups excluding carboxylic acids is 3. The van der Waals surface area contributed by atoms with E-state index in [-0.39, 0.29) is 31.1 Å². The van der Waals surface area contributed by atoms with E-state index in [0.29, 0.717) is 19.3 Å². The van der Waals surface area contributed by atoms with Crippen LogP contribution in [0.4, 0.5) is 0 Å². The summed E-state index contributed by atoms with van der Waals surface area (Å²) in [6.07, 6.45) is 58.1. The SMILES string of the molecule is CCCCCCCCCCCCCCCCCCCC(=O)OC[C@@H](COC(=O)CCCCCCCCCCCCCCCC(C)C)OC(=O)CCCCCCCCCCCCCCCC(C)C. The summed E-state index contributed by atoms with van der Waals surface area (Å²) in [6, 6.07) is 0. The lowest BCUT2D eigenvalue weighted by molar-refractivity contribution is -0.167. The van der Waals surface area contributed by atoms with Crippen molar-refractivity contribution >= 4 is 17.9 Å². The lowest BCUT2D eigenvalue weighted by atomic mass is 10.0. The number of rotatable bonds is 55. The summed E-state index contributed by atoms with van der Waals surface area (Å²) >= 11 is 0. The quantitative estimate of drug-likeness (QED) is 0.0343. The minimum atomic E-state index is -0.763. The number of hydrogen-bond acceptors (Lipinski definition) is 6. The van der Waals surface area contributed by atoms with Crippen molar-refractivity contribution in [1.29, 1.82) is 0 Å². The van der Waals surface area contributed by atoms with E-state index in [4.69, 9.17) is 14.2 Å². The molecule has 0 saturated carbocycles. The maximum Gasteiger partial charge on any atom is 0.306 e. The Kier molecular flexibility index (Phi) is 52.5. The molecule has 398 valence electrons. The fourth-order valence-electron chi connectivity index (χ4n) is 9.40. The highest BCUT2D eigenvalue weighted by atomic mass is 16.6. The zero-order valence-electron chi connectivity index (χ0n) is 46.0. The van der Waals surface area contributed by atoms with Crippen LogP contribution in [0.2, 0.25) is 0 Å². The number of ether oxygens (including phenoxy) is 3. The zero-order chi connectivity index (χ0) is 48.9. The standard InChI is InChI=1S/C61H118O6/c1-6-7-8-9-10-11-12-13-14-15-16-21-26-31-36-41-46-51-59(62)65-54-58(67-61(64)53-48-43-38-33-28-23-18-20-25-30-35-40-45-50-57(4)5)55-66-60(63)52-47-42-37-32-27-22-17-19-24-29-34-39-44-49-56(2)3/h56-58H,6-55H2,1-5H3/t58-/m0/s1. The van der Waals surface area contributed by atoms with Crippen LogP contribution < -0.4 is 0 Å². The molecule has 0 aromatic carbocycles. The molecule has 0 aliphatic rings. The van der Waals surface area contributed by atoms with Crippen molar-refractivity contribution in [1.82, 2.24) is 0 Å². The molecule has 0 heterocycles. The predicted octanol–water partition coefficient (Wildman–Crippen LogP) is 20.0. The Labute approximate surface area is 418 Å². The second-order valence-corrected chi connectivity index (χ2v) is 21.9. The summed E-state index contributed by atoms with van der Waals surface area (Å²) in [6.45, 7) is 11.4. The minimum absolute atomic E-state index is 0.0623. The second kappa shape index (κ2) is 53.8. The van der Waals surface area contributed by atoms with Crippen molar-refractivity contribution in [2.45, 2.75) is 349 Å². The third kappa shape index (κ3) is 55.2. The van der Waals surface area contributed by atoms with Crippen LogP contribution in [0.25, 0.3) is 0 Å². The summed E-state index contributed by atoms with van der Waals surface area (Å²) in [5.74, 6) is 0.842. The highest BCUT2D eigenvalue weighted by Gasteiger charge is 2.19. The molecule has 0 amide bonds. The highest BCUT2D eigenvalue weighted by Crippen LogP contribution is 2.18. The Hall–Kier alpha value is -1.59. The zero-order valence-corrected chi connectivity index (χ0v) is 46.0. The van der Waals surface area contributed by atoms with Crippen LogP contribution >= 0.6 is 0 Å². The van der Waals surface area contributed by atoms with Crippen LogP contribution in [-0.4, -0.2) is 37.2 Å². The van der Waals surface area contributed by atoms with E-state index in [2.05, 4.69) is 34.6 Å². The molecule has 67 heavy (non-hydrogen) atoms. The van der Waals surface area contributed by atoms with Crippen molar-refractivity contribution in [3.8, 4) is 0 Å². The molecule has 0 fully saturated rings. The molecule has 6 heteroatoms. The molecule has 0 rings (SSSR count). The summed E-state index contributed by atoms with van der Waals surface area (Å²) in [7, 11) is 0. The van der Waals surface area contributed by atoms with E-state index >= 15 is 0 Å². The van der Waals surface area contributed by atoms with Crippen molar-refractivity contribution < 1.29 is 28.6 Å². The van der Waals surface area contributed by atoms with Crippen molar-refractivity contribution in [2.75, 3.05) is 13.2 Å². The lowest BCUT2D eigenvalue weighted by Crippen LogP contribution is -2.30. The van der Waals surface area contributed by atoms with Gasteiger partial charge >= 0.3 is 17.9 Å². The van der Waals surface area contributed by atoms with Crippen LogP contribution in [0.1, 0.15) is 343 Å². The summed E-state index contributed by atoms with van der Waals surface area (Å²) in [4.78, 5) is 38.2. The predicted molar refractivity (Wildman–Crippen MR) is 289 cm³/mol. The topological polar surface area (TPSA) is 78.9 Å². The Balaban J connectivity index is 4.30. The van der Waals surface area contributed by atoms with Crippen molar-refractivity contribution in [3.63, 3.8) is 0 Å². The average Bonchev–Trinajstić information content (AvgIpc) is 3.30. The van der Waals surface area contributed by atoms with Gasteiger partial charge in [-0.05, 0) is 31.1 Å². The molecule has 6 nitrogen and oxygen atoms in total. The normalized spacial score (nSPS) is 12.0. The Morgan fingerprint density at radius 2 is 0.493 bits per heavy atom. The van der Waals surface area contributed by atoms with Gasteiger partial charge in [0.15, 0.2) is 6.10 Å². The van der Waals surface area contributed by atoms with Gasteiger partial charge in [-0.3, -0.25) is 14.4 Å². The van der Waals surface area contributed by atoms with Gasteiger partial charge in [0.2, 0.25) is 0 Å². The maximum absolute atomic E-state index is 12.9. The van der Waals surface area contributed by atoms with E-state index in [1.807, 2.05) is 0 Å². The maximum atomic E-state index is 12.9. The van der Waals surface area contributed by atoms with E-state index in [1.54, 1.807) is 0 Å². The first-order valence-electron chi connectivity index (χ1n) is 30.2. The van der Waals surface area contributed by atoms with Crippen LogP contribution in [0.5, 0.6) is 0 Å². The van der Waals surface area contributed by atoms with Gasteiger partial charge in [0.25, 0.3) is 0 Å². The summed E-state index contributed by atoms with van der Waals surface area (Å²) in [5, 5.41) is 0. The van der Waals surface area contributed by atoms with Gasteiger partial charge in [-0.25, -0.2) is 0 Å². The average molecular weight is 948 g/mol. The van der Waals surface area contributed by atoms with Crippen molar-refractivity contribution in [3.05, 3.63) is 0 Å². The molecule has 0 radical (unpaired) electrons. The van der Waals surface area contributed by atoms with Gasteiger partial charge in [-0.15, -0.1) is 0 Å². The lowest BCUT2D eigenvalue weighted by Gasteiger charge is -2.18. The second-order valence-electron chi connectivity index (χ2n) is 21.9. The molecule has 0 spiro atoms. The molecule has 0 saturated heterocycles. The minimum Gasteiger partial charge on any atom is -0.462 e. The number of hydrogen-bond donors (Lipinski definition) is 0. The van der Waals surface area contributed by atoms with Gasteiger partial charge in [0, 0.05) is 19.3 Å². The Bertz CT molecular complexity index is 1020. The van der Waals surface area contributed by atoms with Crippen LogP contribution in [-0.2, 0) is 28.6 Å².